The standard InChI is InChI=1S/2C12H13.2ClH.U/c2*1-8-9(2)11-6-4-5-7-12(11)10(8)3;;;/h2*4-7H,1-3H3;2*1H;/q;;;;+2/p-2. The van der Waals surface area contributed by atoms with Crippen LogP contribution >= 0.6 is 0 Å². The van der Waals surface area contributed by atoms with Crippen molar-refractivity contribution in [3.05, 3.63) is 81.9 Å². The van der Waals surface area contributed by atoms with E-state index in [2.05, 4.69) is 90.1 Å². The first kappa shape index (κ1) is 22.8. The Kier molecular flexibility index (Phi) is 6.56. The minimum atomic E-state index is -1.35. The Labute approximate surface area is 190 Å². The van der Waals surface area contributed by atoms with Crippen molar-refractivity contribution in [3.8, 4) is 0 Å². The summed E-state index contributed by atoms with van der Waals surface area (Å²) in [5.74, 6) is 0. The number of benzene rings is 2. The van der Waals surface area contributed by atoms with Gasteiger partial charge in [0.05, 0.1) is 0 Å². The summed E-state index contributed by atoms with van der Waals surface area (Å²) in [6.45, 7) is 14.5. The fraction of sp³-hybridized carbons (Fsp3) is 0.333. The molecule has 0 bridgehead atoms. The second-order valence-corrected chi connectivity index (χ2v) is 17.3. The van der Waals surface area contributed by atoms with Crippen molar-refractivity contribution in [2.75, 3.05) is 0 Å². The fourth-order valence-corrected chi connectivity index (χ4v) is 15.1. The van der Waals surface area contributed by atoms with Gasteiger partial charge < -0.3 is 24.8 Å². The second-order valence-electron chi connectivity index (χ2n) is 7.97. The number of halogens is 2. The van der Waals surface area contributed by atoms with Crippen molar-refractivity contribution in [1.29, 1.82) is 0 Å². The minimum Gasteiger partial charge on any atom is -1.00 e. The van der Waals surface area contributed by atoms with Crippen LogP contribution in [0.4, 0.5) is 0 Å². The Hall–Kier alpha value is -0.448. The molecule has 27 heavy (non-hydrogen) atoms. The molecule has 2 atom stereocenters. The molecule has 0 heterocycles. The van der Waals surface area contributed by atoms with Crippen LogP contribution in [0.3, 0.4) is 0 Å². The van der Waals surface area contributed by atoms with Gasteiger partial charge in [0.15, 0.2) is 0 Å². The number of fused-ring (bicyclic) bond motifs is 2. The van der Waals surface area contributed by atoms with Gasteiger partial charge in [-0.1, -0.05) is 0 Å². The van der Waals surface area contributed by atoms with E-state index in [1.807, 2.05) is 0 Å². The average Bonchev–Trinajstić information content (AvgIpc) is 2.93. The maximum absolute atomic E-state index is 2.54. The molecule has 2 aromatic carbocycles. The molecule has 0 saturated heterocycles. The van der Waals surface area contributed by atoms with Crippen molar-refractivity contribution < 1.29 is 52.5 Å². The third-order valence-corrected chi connectivity index (χ3v) is 16.4. The molecule has 4 rings (SSSR count). The van der Waals surface area contributed by atoms with E-state index < -0.39 is 27.7 Å². The van der Waals surface area contributed by atoms with Gasteiger partial charge in [-0.3, -0.25) is 0 Å². The summed E-state index contributed by atoms with van der Waals surface area (Å²) < 4.78 is 0.602. The zero-order chi connectivity index (χ0) is 18.0. The molecule has 3 heteroatoms. The van der Waals surface area contributed by atoms with Gasteiger partial charge >= 0.3 is 167 Å². The Bertz CT molecular complexity index is 879. The van der Waals surface area contributed by atoms with Gasteiger partial charge in [-0.2, -0.15) is 0 Å². The summed E-state index contributed by atoms with van der Waals surface area (Å²) >= 11 is -1.35. The van der Waals surface area contributed by atoms with E-state index in [0.29, 0.717) is 4.90 Å². The van der Waals surface area contributed by atoms with Gasteiger partial charge in [-0.15, -0.1) is 0 Å². The fourth-order valence-electron chi connectivity index (χ4n) is 4.87. The summed E-state index contributed by atoms with van der Waals surface area (Å²) in [7, 11) is 0. The molecule has 0 fully saturated rings. The first-order valence-electron chi connectivity index (χ1n) is 9.15. The first-order valence-corrected chi connectivity index (χ1v) is 13.3. The van der Waals surface area contributed by atoms with Crippen molar-refractivity contribution >= 4 is 11.1 Å². The Morgan fingerprint density at radius 1 is 0.593 bits per heavy atom. The van der Waals surface area contributed by atoms with Crippen LogP contribution in [-0.4, -0.2) is 0 Å². The molecule has 2 aliphatic carbocycles. The average molecular weight is 623 g/mol. The van der Waals surface area contributed by atoms with E-state index >= 15 is 0 Å². The largest absolute Gasteiger partial charge is 1.00 e. The summed E-state index contributed by atoms with van der Waals surface area (Å²) in [5, 5.41) is 0. The third-order valence-electron chi connectivity index (χ3n) is 6.86. The molecule has 0 saturated carbocycles. The van der Waals surface area contributed by atoms with Gasteiger partial charge in [-0.25, -0.2) is 0 Å². The maximum atomic E-state index is 2.54. The van der Waals surface area contributed by atoms with Crippen LogP contribution in [0.15, 0.2) is 59.7 Å². The molecular weight excluding hydrogens is 597 g/mol. The normalized spacial score (nSPS) is 25.4. The molecule has 2 aromatic rings. The van der Waals surface area contributed by atoms with Gasteiger partial charge in [0.1, 0.15) is 0 Å². The molecule has 0 spiro atoms. The van der Waals surface area contributed by atoms with Crippen LogP contribution in [0.1, 0.15) is 63.8 Å². The van der Waals surface area contributed by atoms with E-state index in [0.717, 1.165) is 0 Å². The quantitative estimate of drug-likeness (QED) is 0.459. The molecule has 140 valence electrons. The van der Waals surface area contributed by atoms with Gasteiger partial charge in [0.2, 0.25) is 0 Å². The van der Waals surface area contributed by atoms with Crippen LogP contribution in [-0.2, 0) is 4.90 Å². The summed E-state index contributed by atoms with van der Waals surface area (Å²) in [6.07, 6.45) is 0. The molecule has 0 radical (unpaired) electrons. The van der Waals surface area contributed by atoms with Crippen LogP contribution < -0.4 is 24.8 Å². The minimum absolute atomic E-state index is 0. The maximum Gasteiger partial charge on any atom is -1.00 e. The van der Waals surface area contributed by atoms with Gasteiger partial charge in [0, 0.05) is 0 Å². The molecule has 0 amide bonds. The monoisotopic (exact) mass is 622 g/mol. The predicted molar refractivity (Wildman–Crippen MR) is 104 cm³/mol. The van der Waals surface area contributed by atoms with Gasteiger partial charge in [-0.05, 0) is 0 Å². The molecule has 0 N–H and O–H groups in total. The van der Waals surface area contributed by atoms with E-state index in [4.69, 9.17) is 0 Å². The SMILES string of the molecule is CC1=C(C)[C](C)([U+2][C]2(C)C(C)=C(C)c3ccccc32)c2ccccc21.[Cl-].[Cl-]. The smallest absolute Gasteiger partial charge is 1.00 e. The predicted octanol–water partition coefficient (Wildman–Crippen LogP) is 0.524. The number of rotatable bonds is 2. The third kappa shape index (κ3) is 3.11. The van der Waals surface area contributed by atoms with E-state index in [9.17, 15) is 0 Å². The zero-order valence-electron chi connectivity index (χ0n) is 16.9. The van der Waals surface area contributed by atoms with Crippen LogP contribution in [0.5, 0.6) is 0 Å². The number of hydrogen-bond acceptors (Lipinski definition) is 0. The van der Waals surface area contributed by atoms with Crippen LogP contribution in [0.2, 0.25) is 0 Å². The molecule has 0 aliphatic heterocycles. The van der Waals surface area contributed by atoms with Crippen molar-refractivity contribution in [1.82, 2.24) is 0 Å². The Morgan fingerprint density at radius 3 is 1.30 bits per heavy atom. The van der Waals surface area contributed by atoms with E-state index in [1.165, 1.54) is 22.3 Å². The first-order chi connectivity index (χ1) is 11.8. The molecule has 2 unspecified atom stereocenters. The zero-order valence-corrected chi connectivity index (χ0v) is 22.6. The van der Waals surface area contributed by atoms with E-state index in [1.54, 1.807) is 22.3 Å². The topological polar surface area (TPSA) is 0 Å². The van der Waals surface area contributed by atoms with Crippen LogP contribution in [0.25, 0.3) is 11.1 Å². The van der Waals surface area contributed by atoms with Gasteiger partial charge in [0.25, 0.3) is 0 Å². The van der Waals surface area contributed by atoms with E-state index in [-0.39, 0.29) is 24.8 Å². The van der Waals surface area contributed by atoms with Crippen LogP contribution in [0, 0.1) is 27.7 Å². The summed E-state index contributed by atoms with van der Waals surface area (Å²) in [6, 6.07) is 18.3. The summed E-state index contributed by atoms with van der Waals surface area (Å²) in [4.78, 5) is 0. The molecule has 2 aliphatic rings. The molecular formula is C24H26Cl2U. The van der Waals surface area contributed by atoms with Crippen molar-refractivity contribution in [3.63, 3.8) is 0 Å². The number of hydrogen-bond donors (Lipinski definition) is 0. The van der Waals surface area contributed by atoms with Crippen molar-refractivity contribution in [2.45, 2.75) is 46.4 Å². The Balaban J connectivity index is 0.00000131. The number of allylic oxidation sites excluding steroid dienone is 4. The molecule has 0 nitrogen and oxygen atoms in total. The molecule has 0 aromatic heterocycles. The second kappa shape index (κ2) is 7.76. The summed E-state index contributed by atoms with van der Waals surface area (Å²) in [5.41, 5.74) is 12.5. The Morgan fingerprint density at radius 2 is 0.926 bits per heavy atom. The van der Waals surface area contributed by atoms with Crippen molar-refractivity contribution in [2.24, 2.45) is 0 Å².